The highest BCUT2D eigenvalue weighted by Gasteiger charge is 2.17. The number of hydrogen-bond acceptors (Lipinski definition) is 3. The van der Waals surface area contributed by atoms with E-state index in [0.29, 0.717) is 17.2 Å². The minimum Gasteiger partial charge on any atom is -0.364 e. The molecule has 0 aliphatic heterocycles. The molecule has 0 saturated carbocycles. The zero-order chi connectivity index (χ0) is 15.0. The van der Waals surface area contributed by atoms with E-state index >= 15 is 0 Å². The van der Waals surface area contributed by atoms with Gasteiger partial charge >= 0.3 is 0 Å². The normalized spacial score (nSPS) is 11.1. The zero-order valence-corrected chi connectivity index (χ0v) is 12.2. The first-order valence-electron chi connectivity index (χ1n) is 6.56. The van der Waals surface area contributed by atoms with Gasteiger partial charge in [0.15, 0.2) is 5.69 Å². The van der Waals surface area contributed by atoms with Gasteiger partial charge in [-0.2, -0.15) is 0 Å². The number of hydrogen-bond donors (Lipinski definition) is 2. The van der Waals surface area contributed by atoms with Crippen LogP contribution in [0.25, 0.3) is 10.9 Å². The van der Waals surface area contributed by atoms with Gasteiger partial charge in [0.25, 0.3) is 5.91 Å². The minimum atomic E-state index is -0.566. The smallest absolute Gasteiger partial charge is 0.271 e. The number of carbonyl (C=O) groups is 1. The molecule has 0 radical (unpaired) electrons. The van der Waals surface area contributed by atoms with Gasteiger partial charge < -0.3 is 15.2 Å². The van der Waals surface area contributed by atoms with Crippen LogP contribution in [0.3, 0.4) is 0 Å². The van der Waals surface area contributed by atoms with E-state index in [0.717, 1.165) is 28.5 Å². The third-order valence-corrected chi connectivity index (χ3v) is 3.83. The van der Waals surface area contributed by atoms with Crippen molar-refractivity contribution in [2.75, 3.05) is 0 Å². The number of carbonyl (C=O) groups excluding carboxylic acids is 1. The van der Waals surface area contributed by atoms with Crippen molar-refractivity contribution in [1.29, 1.82) is 0 Å². The SMILES string of the molecule is Cc1onc(C(N)=O)c1CCc1c[nH]c2ccc(Cl)cc12. The van der Waals surface area contributed by atoms with Gasteiger partial charge in [0, 0.05) is 27.7 Å². The first kappa shape index (κ1) is 13.7. The minimum absolute atomic E-state index is 0.213. The van der Waals surface area contributed by atoms with Gasteiger partial charge in [-0.05, 0) is 43.5 Å². The Balaban J connectivity index is 1.89. The fourth-order valence-electron chi connectivity index (χ4n) is 2.50. The van der Waals surface area contributed by atoms with E-state index < -0.39 is 5.91 Å². The van der Waals surface area contributed by atoms with E-state index in [1.165, 1.54) is 0 Å². The van der Waals surface area contributed by atoms with Gasteiger partial charge in [0.1, 0.15) is 5.76 Å². The number of primary amides is 1. The molecule has 108 valence electrons. The number of benzene rings is 1. The number of aromatic nitrogens is 2. The molecule has 0 aliphatic rings. The lowest BCUT2D eigenvalue weighted by Crippen LogP contribution is -2.14. The highest BCUT2D eigenvalue weighted by Crippen LogP contribution is 2.24. The molecule has 0 saturated heterocycles. The van der Waals surface area contributed by atoms with Gasteiger partial charge in [-0.1, -0.05) is 16.8 Å². The molecule has 6 heteroatoms. The van der Waals surface area contributed by atoms with Crippen LogP contribution in [-0.4, -0.2) is 16.0 Å². The number of rotatable bonds is 4. The van der Waals surface area contributed by atoms with Crippen molar-refractivity contribution in [3.8, 4) is 0 Å². The van der Waals surface area contributed by atoms with Crippen molar-refractivity contribution in [2.24, 2.45) is 5.73 Å². The zero-order valence-electron chi connectivity index (χ0n) is 11.4. The van der Waals surface area contributed by atoms with Crippen molar-refractivity contribution in [3.05, 3.63) is 52.0 Å². The number of fused-ring (bicyclic) bond motifs is 1. The first-order valence-corrected chi connectivity index (χ1v) is 6.94. The number of nitrogens with two attached hydrogens (primary N) is 1. The van der Waals surface area contributed by atoms with Crippen LogP contribution in [0.1, 0.15) is 27.4 Å². The molecule has 0 spiro atoms. The Bertz CT molecular complexity index is 820. The van der Waals surface area contributed by atoms with Gasteiger partial charge in [0.05, 0.1) is 0 Å². The molecule has 1 aromatic carbocycles. The van der Waals surface area contributed by atoms with E-state index in [2.05, 4.69) is 10.1 Å². The largest absolute Gasteiger partial charge is 0.364 e. The molecule has 3 rings (SSSR count). The first-order chi connectivity index (χ1) is 10.1. The Morgan fingerprint density at radius 1 is 1.43 bits per heavy atom. The highest BCUT2D eigenvalue weighted by atomic mass is 35.5. The lowest BCUT2D eigenvalue weighted by Gasteiger charge is -2.01. The molecule has 2 heterocycles. The van der Waals surface area contributed by atoms with Crippen LogP contribution in [0, 0.1) is 6.92 Å². The molecule has 0 bridgehead atoms. The summed E-state index contributed by atoms with van der Waals surface area (Å²) in [5.41, 5.74) is 8.44. The van der Waals surface area contributed by atoms with Crippen LogP contribution in [0.15, 0.2) is 28.9 Å². The van der Waals surface area contributed by atoms with Crippen LogP contribution in [-0.2, 0) is 12.8 Å². The molecule has 0 fully saturated rings. The van der Waals surface area contributed by atoms with E-state index in [-0.39, 0.29) is 5.69 Å². The van der Waals surface area contributed by atoms with Crippen LogP contribution in [0.4, 0.5) is 0 Å². The van der Waals surface area contributed by atoms with E-state index in [1.54, 1.807) is 6.92 Å². The van der Waals surface area contributed by atoms with Crippen molar-refractivity contribution in [3.63, 3.8) is 0 Å². The Hall–Kier alpha value is -2.27. The number of amides is 1. The average molecular weight is 304 g/mol. The standard InChI is InChI=1S/C15H14ClN3O2/c1-8-11(14(15(17)20)19-21-8)4-2-9-7-18-13-5-3-10(16)6-12(9)13/h3,5-7,18H,2,4H2,1H3,(H2,17,20). The molecule has 1 amide bonds. The molecule has 0 unspecified atom stereocenters. The summed E-state index contributed by atoms with van der Waals surface area (Å²) in [6, 6.07) is 5.72. The molecular formula is C15H14ClN3O2. The third-order valence-electron chi connectivity index (χ3n) is 3.59. The lowest BCUT2D eigenvalue weighted by molar-refractivity contribution is 0.0991. The summed E-state index contributed by atoms with van der Waals surface area (Å²) in [5.74, 6) is 0.0606. The van der Waals surface area contributed by atoms with Crippen molar-refractivity contribution in [1.82, 2.24) is 10.1 Å². The summed E-state index contributed by atoms with van der Waals surface area (Å²) in [5, 5.41) is 5.49. The fraction of sp³-hybridized carbons (Fsp3) is 0.200. The van der Waals surface area contributed by atoms with Crippen LogP contribution < -0.4 is 5.73 Å². The fourth-order valence-corrected chi connectivity index (χ4v) is 2.67. The number of aromatic amines is 1. The molecule has 3 aromatic rings. The summed E-state index contributed by atoms with van der Waals surface area (Å²) in [6.45, 7) is 1.78. The van der Waals surface area contributed by atoms with E-state index in [4.69, 9.17) is 21.9 Å². The van der Waals surface area contributed by atoms with Gasteiger partial charge in [-0.25, -0.2) is 0 Å². The van der Waals surface area contributed by atoms with Gasteiger partial charge in [-0.15, -0.1) is 0 Å². The second-order valence-electron chi connectivity index (χ2n) is 4.93. The summed E-state index contributed by atoms with van der Waals surface area (Å²) in [4.78, 5) is 14.5. The molecule has 0 aliphatic carbocycles. The molecule has 2 aromatic heterocycles. The maximum atomic E-state index is 11.3. The predicted molar refractivity (Wildman–Crippen MR) is 80.5 cm³/mol. The molecule has 3 N–H and O–H groups in total. The molecule has 5 nitrogen and oxygen atoms in total. The number of H-pyrrole nitrogens is 1. The van der Waals surface area contributed by atoms with Crippen LogP contribution >= 0.6 is 11.6 Å². The Morgan fingerprint density at radius 2 is 2.24 bits per heavy atom. The lowest BCUT2D eigenvalue weighted by atomic mass is 10.0. The third kappa shape index (κ3) is 2.52. The van der Waals surface area contributed by atoms with Gasteiger partial charge in [0.2, 0.25) is 0 Å². The Kier molecular flexibility index (Phi) is 3.43. The number of nitrogens with zero attached hydrogens (tertiary/aromatic N) is 1. The van der Waals surface area contributed by atoms with E-state index in [1.807, 2.05) is 24.4 Å². The van der Waals surface area contributed by atoms with Crippen LogP contribution in [0.2, 0.25) is 5.02 Å². The second-order valence-corrected chi connectivity index (χ2v) is 5.37. The van der Waals surface area contributed by atoms with E-state index in [9.17, 15) is 4.79 Å². The quantitative estimate of drug-likeness (QED) is 0.777. The maximum Gasteiger partial charge on any atom is 0.271 e. The Labute approximate surface area is 126 Å². The van der Waals surface area contributed by atoms with Crippen molar-refractivity contribution >= 4 is 28.4 Å². The second kappa shape index (κ2) is 5.26. The average Bonchev–Trinajstić information content (AvgIpc) is 3.00. The molecular weight excluding hydrogens is 290 g/mol. The Morgan fingerprint density at radius 3 is 3.00 bits per heavy atom. The van der Waals surface area contributed by atoms with Crippen molar-refractivity contribution in [2.45, 2.75) is 19.8 Å². The monoisotopic (exact) mass is 303 g/mol. The summed E-state index contributed by atoms with van der Waals surface area (Å²) in [7, 11) is 0. The topological polar surface area (TPSA) is 84.9 Å². The number of halogens is 1. The molecule has 21 heavy (non-hydrogen) atoms. The predicted octanol–water partition coefficient (Wildman–Crippen LogP) is 3.00. The summed E-state index contributed by atoms with van der Waals surface area (Å²) < 4.78 is 5.05. The number of nitrogens with one attached hydrogen (secondary N) is 1. The maximum absolute atomic E-state index is 11.3. The number of aryl methyl sites for hydroxylation is 2. The summed E-state index contributed by atoms with van der Waals surface area (Å²) in [6.07, 6.45) is 3.32. The van der Waals surface area contributed by atoms with Crippen molar-refractivity contribution < 1.29 is 9.32 Å². The summed E-state index contributed by atoms with van der Waals surface area (Å²) >= 11 is 6.04. The molecule has 0 atom stereocenters. The van der Waals surface area contributed by atoms with Crippen LogP contribution in [0.5, 0.6) is 0 Å². The van der Waals surface area contributed by atoms with Gasteiger partial charge in [-0.3, -0.25) is 4.79 Å². The highest BCUT2D eigenvalue weighted by molar-refractivity contribution is 6.31.